The fourth-order valence-electron chi connectivity index (χ4n) is 2.17. The van der Waals surface area contributed by atoms with Gasteiger partial charge in [0.1, 0.15) is 0 Å². The summed E-state index contributed by atoms with van der Waals surface area (Å²) in [6, 6.07) is 4.08. The Bertz CT molecular complexity index is 501. The van der Waals surface area contributed by atoms with Gasteiger partial charge in [-0.1, -0.05) is 11.6 Å². The number of non-ortho nitro benzene ring substituents is 1. The van der Waals surface area contributed by atoms with Gasteiger partial charge in [0.2, 0.25) is 0 Å². The summed E-state index contributed by atoms with van der Waals surface area (Å²) in [6.07, 6.45) is 2.54. The standard InChI is InChI=1S/C13H14ClNO3S/c14-11-6-10(7-12(8-11)15(17)18)13(16)5-9-1-3-19-4-2-9/h6-9H,1-5H2. The molecule has 2 rings (SSSR count). The molecule has 1 fully saturated rings. The van der Waals surface area contributed by atoms with E-state index in [9.17, 15) is 14.9 Å². The van der Waals surface area contributed by atoms with Crippen LogP contribution < -0.4 is 0 Å². The Hall–Kier alpha value is -1.07. The van der Waals surface area contributed by atoms with Crippen LogP contribution in [0.5, 0.6) is 0 Å². The number of nitrogens with zero attached hydrogens (tertiary/aromatic N) is 1. The van der Waals surface area contributed by atoms with E-state index in [1.807, 2.05) is 11.8 Å². The summed E-state index contributed by atoms with van der Waals surface area (Å²) in [5.41, 5.74) is 0.215. The van der Waals surface area contributed by atoms with E-state index in [1.165, 1.54) is 18.2 Å². The van der Waals surface area contributed by atoms with Crippen molar-refractivity contribution in [2.45, 2.75) is 19.3 Å². The maximum absolute atomic E-state index is 12.2. The summed E-state index contributed by atoms with van der Waals surface area (Å²) in [4.78, 5) is 22.4. The van der Waals surface area contributed by atoms with Gasteiger partial charge in [-0.05, 0) is 36.3 Å². The van der Waals surface area contributed by atoms with Crippen LogP contribution in [0.1, 0.15) is 29.6 Å². The Balaban J connectivity index is 2.11. The molecule has 0 amide bonds. The third-order valence-electron chi connectivity index (χ3n) is 3.23. The van der Waals surface area contributed by atoms with Gasteiger partial charge in [0, 0.05) is 29.1 Å². The van der Waals surface area contributed by atoms with E-state index in [1.54, 1.807) is 0 Å². The molecule has 1 aromatic rings. The van der Waals surface area contributed by atoms with Crippen molar-refractivity contribution in [2.75, 3.05) is 11.5 Å². The monoisotopic (exact) mass is 299 g/mol. The zero-order chi connectivity index (χ0) is 13.8. The molecule has 0 aromatic heterocycles. The van der Waals surface area contributed by atoms with Gasteiger partial charge in [-0.2, -0.15) is 11.8 Å². The number of halogens is 1. The molecule has 6 heteroatoms. The molecule has 1 aliphatic rings. The van der Waals surface area contributed by atoms with Crippen molar-refractivity contribution in [3.63, 3.8) is 0 Å². The minimum absolute atomic E-state index is 0.0532. The normalized spacial score (nSPS) is 16.3. The van der Waals surface area contributed by atoms with E-state index in [0.29, 0.717) is 17.9 Å². The van der Waals surface area contributed by atoms with Crippen LogP contribution in [0, 0.1) is 16.0 Å². The summed E-state index contributed by atoms with van der Waals surface area (Å²) in [7, 11) is 0. The van der Waals surface area contributed by atoms with Crippen LogP contribution in [0.3, 0.4) is 0 Å². The number of hydrogen-bond acceptors (Lipinski definition) is 4. The van der Waals surface area contributed by atoms with Crippen LogP contribution in [0.25, 0.3) is 0 Å². The Morgan fingerprint density at radius 2 is 2.05 bits per heavy atom. The van der Waals surface area contributed by atoms with E-state index < -0.39 is 4.92 Å². The third kappa shape index (κ3) is 3.94. The van der Waals surface area contributed by atoms with Crippen molar-refractivity contribution >= 4 is 34.8 Å². The van der Waals surface area contributed by atoms with Crippen LogP contribution in [0.4, 0.5) is 5.69 Å². The minimum atomic E-state index is -0.528. The number of Topliss-reactive ketones (excluding diaryl/α,β-unsaturated/α-hetero) is 1. The SMILES string of the molecule is O=C(CC1CCSCC1)c1cc(Cl)cc([N+](=O)[O-])c1. The molecule has 1 aliphatic heterocycles. The number of thioether (sulfide) groups is 1. The van der Waals surface area contributed by atoms with Gasteiger partial charge in [0.05, 0.1) is 4.92 Å². The summed E-state index contributed by atoms with van der Waals surface area (Å²) in [6.45, 7) is 0. The fourth-order valence-corrected chi connectivity index (χ4v) is 3.60. The Morgan fingerprint density at radius 1 is 1.37 bits per heavy atom. The second-order valence-corrected chi connectivity index (χ2v) is 6.30. The van der Waals surface area contributed by atoms with E-state index in [4.69, 9.17) is 11.6 Å². The maximum Gasteiger partial charge on any atom is 0.271 e. The predicted octanol–water partition coefficient (Wildman–Crippen LogP) is 3.96. The Morgan fingerprint density at radius 3 is 2.68 bits per heavy atom. The average molecular weight is 300 g/mol. The van der Waals surface area contributed by atoms with Crippen molar-refractivity contribution < 1.29 is 9.72 Å². The molecule has 0 bridgehead atoms. The molecule has 0 aliphatic carbocycles. The van der Waals surface area contributed by atoms with E-state index in [2.05, 4.69) is 0 Å². The van der Waals surface area contributed by atoms with E-state index in [0.717, 1.165) is 24.3 Å². The van der Waals surface area contributed by atoms with Gasteiger partial charge in [0.25, 0.3) is 5.69 Å². The predicted molar refractivity (Wildman–Crippen MR) is 77.1 cm³/mol. The lowest BCUT2D eigenvalue weighted by atomic mass is 9.93. The van der Waals surface area contributed by atoms with Gasteiger partial charge in [-0.3, -0.25) is 14.9 Å². The number of nitro groups is 1. The molecule has 0 saturated carbocycles. The highest BCUT2D eigenvalue weighted by atomic mass is 35.5. The van der Waals surface area contributed by atoms with Crippen molar-refractivity contribution in [3.05, 3.63) is 38.9 Å². The molecule has 19 heavy (non-hydrogen) atoms. The van der Waals surface area contributed by atoms with Crippen molar-refractivity contribution in [1.82, 2.24) is 0 Å². The lowest BCUT2D eigenvalue weighted by Gasteiger charge is -2.20. The molecule has 1 aromatic carbocycles. The Labute approximate surface area is 120 Å². The molecule has 0 atom stereocenters. The molecule has 0 unspecified atom stereocenters. The molecule has 4 nitrogen and oxygen atoms in total. The first-order valence-electron chi connectivity index (χ1n) is 6.12. The number of nitro benzene ring substituents is 1. The highest BCUT2D eigenvalue weighted by Gasteiger charge is 2.20. The van der Waals surface area contributed by atoms with Crippen molar-refractivity contribution in [2.24, 2.45) is 5.92 Å². The number of carbonyl (C=O) groups excluding carboxylic acids is 1. The number of ketones is 1. The second kappa shape index (κ2) is 6.39. The first-order valence-corrected chi connectivity index (χ1v) is 7.65. The van der Waals surface area contributed by atoms with Crippen LogP contribution in [0.2, 0.25) is 5.02 Å². The molecule has 1 heterocycles. The zero-order valence-corrected chi connectivity index (χ0v) is 11.9. The lowest BCUT2D eigenvalue weighted by Crippen LogP contribution is -2.14. The molecule has 0 radical (unpaired) electrons. The topological polar surface area (TPSA) is 60.2 Å². The fraction of sp³-hybridized carbons (Fsp3) is 0.462. The smallest absolute Gasteiger partial charge is 0.271 e. The first kappa shape index (κ1) is 14.3. The highest BCUT2D eigenvalue weighted by Crippen LogP contribution is 2.28. The number of carbonyl (C=O) groups is 1. The summed E-state index contributed by atoms with van der Waals surface area (Å²) >= 11 is 7.73. The molecule has 0 N–H and O–H groups in total. The van der Waals surface area contributed by atoms with E-state index in [-0.39, 0.29) is 16.5 Å². The number of benzene rings is 1. The first-order chi connectivity index (χ1) is 9.06. The summed E-state index contributed by atoms with van der Waals surface area (Å²) in [5.74, 6) is 2.52. The molecule has 1 saturated heterocycles. The average Bonchev–Trinajstić information content (AvgIpc) is 2.39. The van der Waals surface area contributed by atoms with E-state index >= 15 is 0 Å². The van der Waals surface area contributed by atoms with Crippen molar-refractivity contribution in [3.8, 4) is 0 Å². The second-order valence-electron chi connectivity index (χ2n) is 4.64. The quantitative estimate of drug-likeness (QED) is 0.479. The van der Waals surface area contributed by atoms with Crippen LogP contribution in [-0.2, 0) is 0 Å². The van der Waals surface area contributed by atoms with Crippen LogP contribution >= 0.6 is 23.4 Å². The maximum atomic E-state index is 12.2. The van der Waals surface area contributed by atoms with Gasteiger partial charge in [-0.15, -0.1) is 0 Å². The molecule has 0 spiro atoms. The Kier molecular flexibility index (Phi) is 4.82. The molecular weight excluding hydrogens is 286 g/mol. The summed E-state index contributed by atoms with van der Waals surface area (Å²) < 4.78 is 0. The van der Waals surface area contributed by atoms with Gasteiger partial charge in [-0.25, -0.2) is 0 Å². The molecular formula is C13H14ClNO3S. The van der Waals surface area contributed by atoms with Gasteiger partial charge in [0.15, 0.2) is 5.78 Å². The summed E-state index contributed by atoms with van der Waals surface area (Å²) in [5, 5.41) is 11.0. The minimum Gasteiger partial charge on any atom is -0.294 e. The highest BCUT2D eigenvalue weighted by molar-refractivity contribution is 7.99. The van der Waals surface area contributed by atoms with Gasteiger partial charge >= 0.3 is 0 Å². The number of hydrogen-bond donors (Lipinski definition) is 0. The zero-order valence-electron chi connectivity index (χ0n) is 10.3. The molecule has 102 valence electrons. The largest absolute Gasteiger partial charge is 0.294 e. The van der Waals surface area contributed by atoms with Gasteiger partial charge < -0.3 is 0 Å². The van der Waals surface area contributed by atoms with Crippen LogP contribution in [0.15, 0.2) is 18.2 Å². The third-order valence-corrected chi connectivity index (χ3v) is 4.50. The van der Waals surface area contributed by atoms with Crippen molar-refractivity contribution in [1.29, 1.82) is 0 Å². The van der Waals surface area contributed by atoms with Crippen LogP contribution in [-0.4, -0.2) is 22.2 Å². The lowest BCUT2D eigenvalue weighted by molar-refractivity contribution is -0.384. The number of rotatable bonds is 4.